The van der Waals surface area contributed by atoms with Crippen LogP contribution in [0.15, 0.2) is 42.7 Å². The van der Waals surface area contributed by atoms with Crippen molar-refractivity contribution in [1.82, 2.24) is 14.3 Å². The summed E-state index contributed by atoms with van der Waals surface area (Å²) in [6.07, 6.45) is 1.52. The van der Waals surface area contributed by atoms with Crippen LogP contribution in [0.3, 0.4) is 0 Å². The minimum atomic E-state index is -3.24. The van der Waals surface area contributed by atoms with Crippen LogP contribution in [0.4, 0.5) is 24.7 Å². The largest absolute Gasteiger partial charge is 0.378 e. The summed E-state index contributed by atoms with van der Waals surface area (Å²) < 4.78 is 65.8. The highest BCUT2D eigenvalue weighted by Gasteiger charge is 2.24. The maximum atomic E-state index is 14.6. The van der Waals surface area contributed by atoms with Gasteiger partial charge in [0.25, 0.3) is 6.43 Å². The molecule has 1 saturated heterocycles. The number of hydrogen-bond acceptors (Lipinski definition) is 6. The molecule has 1 fully saturated rings. The topological polar surface area (TPSA) is 78.4 Å². The highest BCUT2D eigenvalue weighted by Crippen LogP contribution is 2.31. The first-order valence-corrected chi connectivity index (χ1v) is 12.3. The van der Waals surface area contributed by atoms with Crippen LogP contribution in [-0.4, -0.2) is 55.1 Å². The summed E-state index contributed by atoms with van der Waals surface area (Å²) in [5, 5.41) is 3.95. The lowest BCUT2D eigenvalue weighted by molar-refractivity contribution is 0.146. The Morgan fingerprint density at radius 3 is 2.42 bits per heavy atom. The lowest BCUT2D eigenvalue weighted by Gasteiger charge is -2.34. The second kappa shape index (κ2) is 9.14. The molecular weight excluding hydrogens is 455 g/mol. The number of rotatable bonds is 6. The van der Waals surface area contributed by atoms with E-state index in [1.165, 1.54) is 22.7 Å². The zero-order valence-electron chi connectivity index (χ0n) is 18.2. The molecule has 1 aliphatic heterocycles. The van der Waals surface area contributed by atoms with Crippen molar-refractivity contribution in [2.45, 2.75) is 19.4 Å². The average molecular weight is 480 g/mol. The fourth-order valence-corrected chi connectivity index (χ4v) is 4.79. The van der Waals surface area contributed by atoms with Crippen LogP contribution in [0.25, 0.3) is 10.9 Å². The number of aromatic nitrogens is 2. The van der Waals surface area contributed by atoms with Crippen LogP contribution < -0.4 is 10.2 Å². The van der Waals surface area contributed by atoms with Gasteiger partial charge in [-0.05, 0) is 19.1 Å². The summed E-state index contributed by atoms with van der Waals surface area (Å²) in [4.78, 5) is 10.8. The van der Waals surface area contributed by atoms with Crippen molar-refractivity contribution in [3.8, 4) is 0 Å². The van der Waals surface area contributed by atoms with E-state index >= 15 is 0 Å². The first-order chi connectivity index (χ1) is 15.6. The number of nitrogens with one attached hydrogen (secondary N) is 1. The first kappa shape index (κ1) is 23.2. The predicted octanol–water partition coefficient (Wildman–Crippen LogP) is 3.96. The molecular formula is C22H24F3N5O2S. The number of halogens is 3. The number of benzene rings is 1. The number of piperazine rings is 1. The Bertz CT molecular complexity index is 1260. The zero-order valence-corrected chi connectivity index (χ0v) is 19.0. The first-order valence-electron chi connectivity index (χ1n) is 10.4. The third kappa shape index (κ3) is 4.88. The van der Waals surface area contributed by atoms with Crippen molar-refractivity contribution in [3.63, 3.8) is 0 Å². The van der Waals surface area contributed by atoms with Gasteiger partial charge in [0.1, 0.15) is 11.6 Å². The quantitative estimate of drug-likeness (QED) is 0.577. The molecule has 33 heavy (non-hydrogen) atoms. The number of hydrogen-bond donors (Lipinski definition) is 1. The highest BCUT2D eigenvalue weighted by molar-refractivity contribution is 7.88. The summed E-state index contributed by atoms with van der Waals surface area (Å²) in [7, 11) is -3.24. The summed E-state index contributed by atoms with van der Waals surface area (Å²) in [5.41, 5.74) is 0.796. The van der Waals surface area contributed by atoms with Crippen molar-refractivity contribution < 1.29 is 21.6 Å². The van der Waals surface area contributed by atoms with Crippen LogP contribution in [0, 0.1) is 5.82 Å². The standard InChI is InChI=1S/C22H24F3N5O2S/c1-14(15-4-3-5-16(21(15)23)22(24)25)28-18-6-7-26-19-13-27-20(12-17(18)19)29-8-10-30(11-9-29)33(2,31)32/h3-7,12-14,22H,8-11H2,1-2H3,(H,26,28)/t14-/m1/s1. The van der Waals surface area contributed by atoms with E-state index in [0.29, 0.717) is 43.2 Å². The van der Waals surface area contributed by atoms with Gasteiger partial charge in [0.05, 0.1) is 29.6 Å². The Labute approximate surface area is 190 Å². The van der Waals surface area contributed by atoms with E-state index in [-0.39, 0.29) is 5.56 Å². The predicted molar refractivity (Wildman–Crippen MR) is 122 cm³/mol. The third-order valence-corrected chi connectivity index (χ3v) is 7.08. The summed E-state index contributed by atoms with van der Waals surface area (Å²) in [5.74, 6) is -0.248. The van der Waals surface area contributed by atoms with Gasteiger partial charge in [-0.3, -0.25) is 4.98 Å². The van der Waals surface area contributed by atoms with Crippen molar-refractivity contribution in [3.05, 3.63) is 59.7 Å². The molecule has 1 atom stereocenters. The Kier molecular flexibility index (Phi) is 6.44. The minimum absolute atomic E-state index is 0.143. The third-order valence-electron chi connectivity index (χ3n) is 5.78. The van der Waals surface area contributed by atoms with Gasteiger partial charge >= 0.3 is 0 Å². The van der Waals surface area contributed by atoms with Gasteiger partial charge in [-0.2, -0.15) is 4.31 Å². The molecule has 3 heterocycles. The van der Waals surface area contributed by atoms with Crippen LogP contribution in [0.5, 0.6) is 0 Å². The van der Waals surface area contributed by atoms with Crippen molar-refractivity contribution in [2.24, 2.45) is 0 Å². The molecule has 0 unspecified atom stereocenters. The van der Waals surface area contributed by atoms with Crippen molar-refractivity contribution >= 4 is 32.4 Å². The zero-order chi connectivity index (χ0) is 23.8. The second-order valence-corrected chi connectivity index (χ2v) is 9.97. The Balaban J connectivity index is 1.60. The van der Waals surface area contributed by atoms with Crippen LogP contribution in [0.1, 0.15) is 30.5 Å². The molecule has 0 amide bonds. The average Bonchev–Trinajstić information content (AvgIpc) is 2.78. The lowest BCUT2D eigenvalue weighted by atomic mass is 10.0. The monoisotopic (exact) mass is 479 g/mol. The summed E-state index contributed by atoms with van der Waals surface area (Å²) in [6.45, 7) is 3.43. The van der Waals surface area contributed by atoms with E-state index < -0.39 is 33.9 Å². The number of anilines is 2. The van der Waals surface area contributed by atoms with Gasteiger partial charge in [0.15, 0.2) is 0 Å². The van der Waals surface area contributed by atoms with E-state index in [2.05, 4.69) is 15.3 Å². The van der Waals surface area contributed by atoms with Crippen LogP contribution in [-0.2, 0) is 10.0 Å². The van der Waals surface area contributed by atoms with Crippen molar-refractivity contribution in [1.29, 1.82) is 0 Å². The SMILES string of the molecule is C[C@@H](Nc1ccnc2cnc(N3CCN(S(C)(=O)=O)CC3)cc12)c1cccc(C(F)F)c1F. The fourth-order valence-electron chi connectivity index (χ4n) is 3.97. The molecule has 3 aromatic rings. The van der Waals surface area contributed by atoms with Gasteiger partial charge in [0.2, 0.25) is 10.0 Å². The minimum Gasteiger partial charge on any atom is -0.378 e. The van der Waals surface area contributed by atoms with Gasteiger partial charge in [-0.15, -0.1) is 0 Å². The molecule has 7 nitrogen and oxygen atoms in total. The van der Waals surface area contributed by atoms with Gasteiger partial charge < -0.3 is 10.2 Å². The molecule has 0 radical (unpaired) electrons. The molecule has 11 heteroatoms. The molecule has 0 saturated carbocycles. The Hall–Kier alpha value is -2.92. The molecule has 0 aliphatic carbocycles. The number of nitrogens with zero attached hydrogens (tertiary/aromatic N) is 4. The normalized spacial score (nSPS) is 16.4. The molecule has 1 aliphatic rings. The molecule has 4 rings (SSSR count). The Morgan fingerprint density at radius 2 is 1.76 bits per heavy atom. The van der Waals surface area contributed by atoms with E-state index in [1.54, 1.807) is 25.4 Å². The van der Waals surface area contributed by atoms with E-state index in [4.69, 9.17) is 0 Å². The van der Waals surface area contributed by atoms with Crippen LogP contribution in [0.2, 0.25) is 0 Å². The van der Waals surface area contributed by atoms with E-state index in [0.717, 1.165) is 11.5 Å². The molecule has 176 valence electrons. The molecule has 1 N–H and O–H groups in total. The maximum Gasteiger partial charge on any atom is 0.266 e. The summed E-state index contributed by atoms with van der Waals surface area (Å²) in [6, 6.07) is 6.99. The van der Waals surface area contributed by atoms with Crippen molar-refractivity contribution in [2.75, 3.05) is 42.7 Å². The van der Waals surface area contributed by atoms with E-state index in [1.807, 2.05) is 11.0 Å². The van der Waals surface area contributed by atoms with E-state index in [9.17, 15) is 21.6 Å². The van der Waals surface area contributed by atoms with Gasteiger partial charge in [0, 0.05) is 49.0 Å². The van der Waals surface area contributed by atoms with Gasteiger partial charge in [-0.25, -0.2) is 26.6 Å². The second-order valence-electron chi connectivity index (χ2n) is 7.98. The fraction of sp³-hybridized carbons (Fsp3) is 0.364. The van der Waals surface area contributed by atoms with Crippen LogP contribution >= 0.6 is 0 Å². The van der Waals surface area contributed by atoms with Gasteiger partial charge in [-0.1, -0.05) is 18.2 Å². The Morgan fingerprint density at radius 1 is 1.06 bits per heavy atom. The maximum absolute atomic E-state index is 14.6. The molecule has 1 aromatic carbocycles. The smallest absolute Gasteiger partial charge is 0.266 e. The molecule has 0 bridgehead atoms. The lowest BCUT2D eigenvalue weighted by Crippen LogP contribution is -2.48. The number of sulfonamides is 1. The number of alkyl halides is 2. The molecule has 0 spiro atoms. The summed E-state index contributed by atoms with van der Waals surface area (Å²) >= 11 is 0. The number of fused-ring (bicyclic) bond motifs is 1. The highest BCUT2D eigenvalue weighted by atomic mass is 32.2. The number of pyridine rings is 2. The molecule has 2 aromatic heterocycles.